The topological polar surface area (TPSA) is 67.3 Å². The lowest BCUT2D eigenvalue weighted by Gasteiger charge is -2.27. The van der Waals surface area contributed by atoms with Crippen molar-refractivity contribution in [2.24, 2.45) is 0 Å². The van der Waals surface area contributed by atoms with Crippen LogP contribution in [-0.4, -0.2) is 35.6 Å². The Balaban J connectivity index is 2.26. The average Bonchev–Trinajstić information content (AvgIpc) is 2.71. The molecule has 1 aliphatic carbocycles. The predicted octanol–water partition coefficient (Wildman–Crippen LogP) is 1.63. The summed E-state index contributed by atoms with van der Waals surface area (Å²) >= 11 is 1.55. The smallest absolute Gasteiger partial charge is 0.153 e. The van der Waals surface area contributed by atoms with Gasteiger partial charge in [-0.25, -0.2) is 13.4 Å². The summed E-state index contributed by atoms with van der Waals surface area (Å²) in [7, 11) is -3.21. The summed E-state index contributed by atoms with van der Waals surface area (Å²) in [4.78, 5) is 5.53. The number of hydrogen-bond donors (Lipinski definition) is 1. The van der Waals surface area contributed by atoms with Crippen molar-refractivity contribution in [3.63, 3.8) is 0 Å². The molecule has 1 aromatic rings. The molecule has 0 aliphatic heterocycles. The van der Waals surface area contributed by atoms with E-state index in [1.54, 1.807) is 11.3 Å². The quantitative estimate of drug-likeness (QED) is 0.918. The normalized spacial score (nSPS) is 28.8. The molecule has 2 unspecified atom stereocenters. The molecule has 1 N–H and O–H groups in total. The number of aliphatic hydroxyl groups is 1. The maximum Gasteiger partial charge on any atom is 0.153 e. The zero-order chi connectivity index (χ0) is 13.6. The largest absolute Gasteiger partial charge is 0.388 e. The van der Waals surface area contributed by atoms with Crippen molar-refractivity contribution in [3.8, 4) is 0 Å². The summed E-state index contributed by atoms with van der Waals surface area (Å²) in [6.45, 7) is 3.92. The highest BCUT2D eigenvalue weighted by Crippen LogP contribution is 2.38. The van der Waals surface area contributed by atoms with Crippen LogP contribution in [0.25, 0.3) is 0 Å². The highest BCUT2D eigenvalue weighted by atomic mass is 32.2. The Labute approximate surface area is 112 Å². The highest BCUT2D eigenvalue weighted by Gasteiger charge is 2.47. The van der Waals surface area contributed by atoms with E-state index in [1.807, 2.05) is 13.8 Å². The maximum atomic E-state index is 11.7. The Morgan fingerprint density at radius 1 is 1.50 bits per heavy atom. The average molecular weight is 289 g/mol. The number of aryl methyl sites for hydroxylation is 2. The molecule has 0 bridgehead atoms. The third-order valence-corrected chi connectivity index (χ3v) is 6.50. The minimum Gasteiger partial charge on any atom is -0.388 e. The fourth-order valence-electron chi connectivity index (χ4n) is 2.71. The Morgan fingerprint density at radius 2 is 2.17 bits per heavy atom. The SMILES string of the molecule is Cc1nc(CC2(O)CCCC2S(C)(=O)=O)sc1C. The van der Waals surface area contributed by atoms with Crippen molar-refractivity contribution in [2.75, 3.05) is 6.26 Å². The van der Waals surface area contributed by atoms with E-state index < -0.39 is 20.7 Å². The van der Waals surface area contributed by atoms with E-state index in [9.17, 15) is 13.5 Å². The van der Waals surface area contributed by atoms with E-state index in [4.69, 9.17) is 0 Å². The van der Waals surface area contributed by atoms with E-state index in [0.717, 1.165) is 22.0 Å². The van der Waals surface area contributed by atoms with Crippen LogP contribution in [0.4, 0.5) is 0 Å². The van der Waals surface area contributed by atoms with Gasteiger partial charge in [0.25, 0.3) is 0 Å². The van der Waals surface area contributed by atoms with Gasteiger partial charge in [-0.15, -0.1) is 11.3 Å². The molecule has 6 heteroatoms. The van der Waals surface area contributed by atoms with Crippen LogP contribution >= 0.6 is 11.3 Å². The number of aromatic nitrogens is 1. The summed E-state index contributed by atoms with van der Waals surface area (Å²) in [6, 6.07) is 0. The molecule has 0 amide bonds. The van der Waals surface area contributed by atoms with Crippen LogP contribution in [0.2, 0.25) is 0 Å². The summed E-state index contributed by atoms with van der Waals surface area (Å²) in [5.41, 5.74) is -0.169. The van der Waals surface area contributed by atoms with Crippen LogP contribution in [0.15, 0.2) is 0 Å². The van der Waals surface area contributed by atoms with Gasteiger partial charge >= 0.3 is 0 Å². The first-order valence-electron chi connectivity index (χ1n) is 6.06. The second-order valence-corrected chi connectivity index (χ2v) is 8.76. The molecule has 0 saturated heterocycles. The molecular formula is C12H19NO3S2. The molecule has 0 radical (unpaired) electrons. The molecule has 4 nitrogen and oxygen atoms in total. The number of hydrogen-bond acceptors (Lipinski definition) is 5. The molecule has 18 heavy (non-hydrogen) atoms. The number of sulfone groups is 1. The lowest BCUT2D eigenvalue weighted by atomic mass is 9.98. The van der Waals surface area contributed by atoms with Crippen molar-refractivity contribution in [1.29, 1.82) is 0 Å². The third kappa shape index (κ3) is 2.60. The van der Waals surface area contributed by atoms with Gasteiger partial charge in [-0.1, -0.05) is 0 Å². The summed E-state index contributed by atoms with van der Waals surface area (Å²) in [6.07, 6.45) is 3.43. The molecule has 1 fully saturated rings. The second-order valence-electron chi connectivity index (χ2n) is 5.24. The van der Waals surface area contributed by atoms with Crippen molar-refractivity contribution >= 4 is 21.2 Å². The zero-order valence-electron chi connectivity index (χ0n) is 10.9. The summed E-state index contributed by atoms with van der Waals surface area (Å²) in [5.74, 6) is 0. The first-order valence-corrected chi connectivity index (χ1v) is 8.84. The summed E-state index contributed by atoms with van der Waals surface area (Å²) < 4.78 is 23.5. The van der Waals surface area contributed by atoms with Crippen LogP contribution in [0.3, 0.4) is 0 Å². The first-order chi connectivity index (χ1) is 8.22. The van der Waals surface area contributed by atoms with E-state index in [2.05, 4.69) is 4.98 Å². The molecule has 1 heterocycles. The molecule has 0 spiro atoms. The molecule has 1 saturated carbocycles. The second kappa shape index (κ2) is 4.58. The molecule has 2 atom stereocenters. The lowest BCUT2D eigenvalue weighted by Crippen LogP contribution is -2.44. The predicted molar refractivity (Wildman–Crippen MR) is 72.7 cm³/mol. The van der Waals surface area contributed by atoms with Gasteiger partial charge in [0.05, 0.1) is 21.6 Å². The number of thiazole rings is 1. The first kappa shape index (κ1) is 14.0. The van der Waals surface area contributed by atoms with Gasteiger partial charge in [0.1, 0.15) is 0 Å². The highest BCUT2D eigenvalue weighted by molar-refractivity contribution is 7.91. The number of rotatable bonds is 3. The molecular weight excluding hydrogens is 270 g/mol. The zero-order valence-corrected chi connectivity index (χ0v) is 12.6. The van der Waals surface area contributed by atoms with Gasteiger partial charge in [0, 0.05) is 17.6 Å². The molecule has 102 valence electrons. The molecule has 1 aliphatic rings. The fraction of sp³-hybridized carbons (Fsp3) is 0.750. The Morgan fingerprint density at radius 3 is 2.67 bits per heavy atom. The monoisotopic (exact) mass is 289 g/mol. The fourth-order valence-corrected chi connectivity index (χ4v) is 5.36. The van der Waals surface area contributed by atoms with Gasteiger partial charge in [-0.05, 0) is 33.1 Å². The van der Waals surface area contributed by atoms with Gasteiger partial charge < -0.3 is 5.11 Å². The van der Waals surface area contributed by atoms with Crippen molar-refractivity contribution in [3.05, 3.63) is 15.6 Å². The van der Waals surface area contributed by atoms with E-state index in [-0.39, 0.29) is 0 Å². The van der Waals surface area contributed by atoms with Crippen molar-refractivity contribution < 1.29 is 13.5 Å². The molecule has 1 aromatic heterocycles. The van der Waals surface area contributed by atoms with Crippen LogP contribution in [-0.2, 0) is 16.3 Å². The van der Waals surface area contributed by atoms with Crippen molar-refractivity contribution in [1.82, 2.24) is 4.98 Å². The van der Waals surface area contributed by atoms with Gasteiger partial charge in [0.2, 0.25) is 0 Å². The van der Waals surface area contributed by atoms with Crippen LogP contribution in [0, 0.1) is 13.8 Å². The Bertz CT molecular complexity index is 530. The van der Waals surface area contributed by atoms with Gasteiger partial charge in [-0.3, -0.25) is 0 Å². The van der Waals surface area contributed by atoms with Crippen molar-refractivity contribution in [2.45, 2.75) is 50.4 Å². The maximum absolute atomic E-state index is 11.7. The van der Waals surface area contributed by atoms with Crippen LogP contribution < -0.4 is 0 Å². The summed E-state index contributed by atoms with van der Waals surface area (Å²) in [5, 5.41) is 10.8. The minimum absolute atomic E-state index is 0.351. The van der Waals surface area contributed by atoms with E-state index in [1.165, 1.54) is 6.26 Å². The molecule has 2 rings (SSSR count). The Hall–Kier alpha value is -0.460. The standard InChI is InChI=1S/C12H19NO3S2/c1-8-9(2)17-11(13-8)7-12(14)6-4-5-10(12)18(3,15)16/h10,14H,4-7H2,1-3H3. The van der Waals surface area contributed by atoms with Gasteiger partial charge in [-0.2, -0.15) is 0 Å². The van der Waals surface area contributed by atoms with Gasteiger partial charge in [0.15, 0.2) is 9.84 Å². The number of nitrogens with zero attached hydrogens (tertiary/aromatic N) is 1. The lowest BCUT2D eigenvalue weighted by molar-refractivity contribution is 0.0512. The molecule has 0 aromatic carbocycles. The van der Waals surface area contributed by atoms with Crippen LogP contribution in [0.5, 0.6) is 0 Å². The Kier molecular flexibility index (Phi) is 3.55. The third-order valence-electron chi connectivity index (χ3n) is 3.72. The van der Waals surface area contributed by atoms with Crippen LogP contribution in [0.1, 0.15) is 34.8 Å². The van der Waals surface area contributed by atoms with E-state index >= 15 is 0 Å². The minimum atomic E-state index is -3.21. The van der Waals surface area contributed by atoms with E-state index in [0.29, 0.717) is 19.3 Å².